The number of benzene rings is 2. The van der Waals surface area contributed by atoms with Crippen molar-refractivity contribution in [1.29, 1.82) is 0 Å². The molecule has 0 aliphatic carbocycles. The van der Waals surface area contributed by atoms with E-state index < -0.39 is 27.3 Å². The molecule has 0 radical (unpaired) electrons. The van der Waals surface area contributed by atoms with Crippen LogP contribution >= 0.6 is 0 Å². The molecule has 0 aromatic heterocycles. The highest BCUT2D eigenvalue weighted by atomic mass is 32.2. The highest BCUT2D eigenvalue weighted by Crippen LogP contribution is 2.23. The Morgan fingerprint density at radius 3 is 2.24 bits per heavy atom. The number of anilines is 1. The molecule has 0 bridgehead atoms. The molecule has 0 saturated carbocycles. The van der Waals surface area contributed by atoms with Gasteiger partial charge in [-0.3, -0.25) is 9.52 Å². The lowest BCUT2D eigenvalue weighted by Gasteiger charge is -2.16. The number of likely N-dealkylation sites (tertiary alicyclic amines) is 1. The van der Waals surface area contributed by atoms with Crippen LogP contribution in [0.1, 0.15) is 23.2 Å². The van der Waals surface area contributed by atoms with E-state index in [9.17, 15) is 22.0 Å². The fraction of sp³-hybridized carbons (Fsp3) is 0.235. The Bertz CT molecular complexity index is 890. The Labute approximate surface area is 144 Å². The summed E-state index contributed by atoms with van der Waals surface area (Å²) in [5, 5.41) is 0. The van der Waals surface area contributed by atoms with Crippen molar-refractivity contribution in [3.8, 4) is 0 Å². The van der Waals surface area contributed by atoms with Gasteiger partial charge < -0.3 is 4.90 Å². The molecule has 1 aliphatic rings. The Morgan fingerprint density at radius 2 is 1.60 bits per heavy atom. The molecule has 1 fully saturated rings. The standard InChI is InChI=1S/C17H16F2N2O3S/c18-14-7-4-8-15(19)16(14)20-25(23,24)13-6-3-5-12(11-13)17(22)21-9-1-2-10-21/h3-8,11,20H,1-2,9-10H2. The van der Waals surface area contributed by atoms with Crippen LogP contribution in [0.5, 0.6) is 0 Å². The predicted octanol–water partition coefficient (Wildman–Crippen LogP) is 3.00. The number of nitrogens with one attached hydrogen (secondary N) is 1. The summed E-state index contributed by atoms with van der Waals surface area (Å²) in [4.78, 5) is 13.8. The monoisotopic (exact) mass is 366 g/mol. The molecule has 2 aromatic carbocycles. The number of hydrogen-bond acceptors (Lipinski definition) is 3. The van der Waals surface area contributed by atoms with Gasteiger partial charge in [0, 0.05) is 18.7 Å². The summed E-state index contributed by atoms with van der Waals surface area (Å²) in [5.74, 6) is -2.30. The van der Waals surface area contributed by atoms with Crippen molar-refractivity contribution in [3.05, 3.63) is 59.7 Å². The molecule has 8 heteroatoms. The van der Waals surface area contributed by atoms with Gasteiger partial charge in [0.1, 0.15) is 17.3 Å². The lowest BCUT2D eigenvalue weighted by Crippen LogP contribution is -2.27. The Kier molecular flexibility index (Phi) is 4.71. The summed E-state index contributed by atoms with van der Waals surface area (Å²) < 4.78 is 54.1. The number of halogens is 2. The maximum absolute atomic E-state index is 13.7. The summed E-state index contributed by atoms with van der Waals surface area (Å²) in [6, 6.07) is 8.46. The van der Waals surface area contributed by atoms with Gasteiger partial charge in [0.25, 0.3) is 15.9 Å². The van der Waals surface area contributed by atoms with Gasteiger partial charge in [0.15, 0.2) is 0 Å². The first-order valence-corrected chi connectivity index (χ1v) is 9.23. The molecular formula is C17H16F2N2O3S. The molecule has 5 nitrogen and oxygen atoms in total. The van der Waals surface area contributed by atoms with Gasteiger partial charge in [0.2, 0.25) is 0 Å². The van der Waals surface area contributed by atoms with Crippen molar-refractivity contribution in [3.63, 3.8) is 0 Å². The fourth-order valence-electron chi connectivity index (χ4n) is 2.69. The second-order valence-corrected chi connectivity index (χ2v) is 7.41. The van der Waals surface area contributed by atoms with E-state index in [-0.39, 0.29) is 16.4 Å². The molecule has 1 saturated heterocycles. The van der Waals surface area contributed by atoms with Crippen molar-refractivity contribution in [2.45, 2.75) is 17.7 Å². The van der Waals surface area contributed by atoms with Crippen LogP contribution in [0.2, 0.25) is 0 Å². The first kappa shape index (κ1) is 17.3. The van der Waals surface area contributed by atoms with Crippen LogP contribution < -0.4 is 4.72 Å². The van der Waals surface area contributed by atoms with Crippen LogP contribution in [-0.2, 0) is 10.0 Å². The molecule has 25 heavy (non-hydrogen) atoms. The largest absolute Gasteiger partial charge is 0.339 e. The van der Waals surface area contributed by atoms with Crippen LogP contribution in [0.3, 0.4) is 0 Å². The topological polar surface area (TPSA) is 66.5 Å². The number of nitrogens with zero attached hydrogens (tertiary/aromatic N) is 1. The zero-order chi connectivity index (χ0) is 18.0. The third-order valence-electron chi connectivity index (χ3n) is 3.98. The molecule has 0 atom stereocenters. The minimum atomic E-state index is -4.24. The summed E-state index contributed by atoms with van der Waals surface area (Å²) in [7, 11) is -4.24. The van der Waals surface area contributed by atoms with Crippen molar-refractivity contribution < 1.29 is 22.0 Å². The van der Waals surface area contributed by atoms with Crippen molar-refractivity contribution in [2.24, 2.45) is 0 Å². The highest BCUT2D eigenvalue weighted by Gasteiger charge is 2.23. The summed E-state index contributed by atoms with van der Waals surface area (Å²) in [6.45, 7) is 1.27. The van der Waals surface area contributed by atoms with E-state index in [4.69, 9.17) is 0 Å². The van der Waals surface area contributed by atoms with E-state index in [1.807, 2.05) is 4.72 Å². The van der Waals surface area contributed by atoms with Gasteiger partial charge in [-0.1, -0.05) is 12.1 Å². The van der Waals surface area contributed by atoms with Crippen LogP contribution in [-0.4, -0.2) is 32.3 Å². The fourth-order valence-corrected chi connectivity index (χ4v) is 3.81. The van der Waals surface area contributed by atoms with E-state index in [1.54, 1.807) is 4.90 Å². The lowest BCUT2D eigenvalue weighted by molar-refractivity contribution is 0.0792. The number of amides is 1. The quantitative estimate of drug-likeness (QED) is 0.905. The second kappa shape index (κ2) is 6.79. The minimum absolute atomic E-state index is 0.221. The maximum Gasteiger partial charge on any atom is 0.262 e. The third-order valence-corrected chi connectivity index (χ3v) is 5.33. The van der Waals surface area contributed by atoms with E-state index in [0.29, 0.717) is 13.1 Å². The van der Waals surface area contributed by atoms with Gasteiger partial charge in [0.05, 0.1) is 4.90 Å². The Morgan fingerprint density at radius 1 is 1.00 bits per heavy atom. The normalized spacial score (nSPS) is 14.6. The minimum Gasteiger partial charge on any atom is -0.339 e. The van der Waals surface area contributed by atoms with Crippen molar-refractivity contribution >= 4 is 21.6 Å². The molecule has 3 rings (SSSR count). The number of carbonyl (C=O) groups is 1. The maximum atomic E-state index is 13.7. The average Bonchev–Trinajstić information content (AvgIpc) is 3.12. The molecule has 1 heterocycles. The SMILES string of the molecule is O=C(c1cccc(S(=O)(=O)Nc2c(F)cccc2F)c1)N1CCCC1. The van der Waals surface area contributed by atoms with Crippen molar-refractivity contribution in [2.75, 3.05) is 17.8 Å². The zero-order valence-electron chi connectivity index (χ0n) is 13.2. The zero-order valence-corrected chi connectivity index (χ0v) is 14.0. The second-order valence-electron chi connectivity index (χ2n) is 5.73. The summed E-state index contributed by atoms with van der Waals surface area (Å²) >= 11 is 0. The summed E-state index contributed by atoms with van der Waals surface area (Å²) in [6.07, 6.45) is 1.83. The molecule has 0 unspecified atom stereocenters. The Balaban J connectivity index is 1.90. The average molecular weight is 366 g/mol. The van der Waals surface area contributed by atoms with E-state index in [2.05, 4.69) is 0 Å². The number of rotatable bonds is 4. The first-order chi connectivity index (χ1) is 11.9. The number of sulfonamides is 1. The van der Waals surface area contributed by atoms with Gasteiger partial charge >= 0.3 is 0 Å². The van der Waals surface area contributed by atoms with Gasteiger partial charge in [-0.15, -0.1) is 0 Å². The lowest BCUT2D eigenvalue weighted by atomic mass is 10.2. The highest BCUT2D eigenvalue weighted by molar-refractivity contribution is 7.92. The molecule has 1 N–H and O–H groups in total. The smallest absolute Gasteiger partial charge is 0.262 e. The van der Waals surface area contributed by atoms with Crippen LogP contribution in [0.25, 0.3) is 0 Å². The molecule has 1 amide bonds. The number of carbonyl (C=O) groups excluding carboxylic acids is 1. The number of hydrogen-bond donors (Lipinski definition) is 1. The van der Waals surface area contributed by atoms with Crippen molar-refractivity contribution in [1.82, 2.24) is 4.90 Å². The number of para-hydroxylation sites is 1. The van der Waals surface area contributed by atoms with E-state index in [1.165, 1.54) is 24.3 Å². The van der Waals surface area contributed by atoms with Gasteiger partial charge in [-0.05, 0) is 43.2 Å². The van der Waals surface area contributed by atoms with Crippen LogP contribution in [0, 0.1) is 11.6 Å². The molecule has 1 aliphatic heterocycles. The predicted molar refractivity (Wildman–Crippen MR) is 88.7 cm³/mol. The van der Waals surface area contributed by atoms with Gasteiger partial charge in [-0.25, -0.2) is 17.2 Å². The van der Waals surface area contributed by atoms with E-state index >= 15 is 0 Å². The molecule has 0 spiro atoms. The van der Waals surface area contributed by atoms with E-state index in [0.717, 1.165) is 31.0 Å². The molecule has 2 aromatic rings. The van der Waals surface area contributed by atoms with Gasteiger partial charge in [-0.2, -0.15) is 0 Å². The van der Waals surface area contributed by atoms with Crippen LogP contribution in [0.4, 0.5) is 14.5 Å². The molecule has 132 valence electrons. The Hall–Kier alpha value is -2.48. The molecular weight excluding hydrogens is 350 g/mol. The third kappa shape index (κ3) is 3.63. The summed E-state index contributed by atoms with van der Waals surface area (Å²) in [5.41, 5.74) is -0.530. The van der Waals surface area contributed by atoms with Crippen LogP contribution in [0.15, 0.2) is 47.4 Å². The first-order valence-electron chi connectivity index (χ1n) is 7.75.